The Kier molecular flexibility index (Phi) is 4.61. The Balaban J connectivity index is 1.79. The maximum Gasteiger partial charge on any atom is 0.416 e. The van der Waals surface area contributed by atoms with Crippen molar-refractivity contribution in [2.75, 3.05) is 0 Å². The summed E-state index contributed by atoms with van der Waals surface area (Å²) < 4.78 is 44.4. The second kappa shape index (κ2) is 6.87. The van der Waals surface area contributed by atoms with Crippen molar-refractivity contribution in [2.45, 2.75) is 12.6 Å². The number of benzene rings is 1. The minimum atomic E-state index is -4.48. The summed E-state index contributed by atoms with van der Waals surface area (Å²) in [5.41, 5.74) is -0.723. The highest BCUT2D eigenvalue weighted by Gasteiger charge is 2.33. The fourth-order valence-corrected chi connectivity index (χ4v) is 2.34. The van der Waals surface area contributed by atoms with E-state index in [2.05, 4.69) is 15.2 Å². The number of nitrogens with one attached hydrogen (secondary N) is 1. The first-order valence-corrected chi connectivity index (χ1v) is 7.39. The summed E-state index contributed by atoms with van der Waals surface area (Å²) in [4.78, 5) is 15.7. The molecule has 3 aromatic rings. The van der Waals surface area contributed by atoms with E-state index in [-0.39, 0.29) is 29.3 Å². The summed E-state index contributed by atoms with van der Waals surface area (Å²) >= 11 is 0. The molecule has 1 aromatic carbocycles. The van der Waals surface area contributed by atoms with Gasteiger partial charge in [0.1, 0.15) is 12.1 Å². The average molecular weight is 363 g/mol. The fourth-order valence-electron chi connectivity index (χ4n) is 2.34. The van der Waals surface area contributed by atoms with E-state index in [1.807, 2.05) is 0 Å². The molecule has 2 N–H and O–H groups in total. The zero-order valence-corrected chi connectivity index (χ0v) is 13.1. The molecule has 0 atom stereocenters. The number of H-pyrrole nitrogens is 1. The lowest BCUT2D eigenvalue weighted by Crippen LogP contribution is -2.09. The number of ketones is 1. The number of carbonyl (C=O) groups excluding carboxylic acids is 1. The highest BCUT2D eigenvalue weighted by Crippen LogP contribution is 2.33. The number of nitrogens with zero attached hydrogens (tertiary/aromatic N) is 2. The Morgan fingerprint density at radius 3 is 2.69 bits per heavy atom. The average Bonchev–Trinajstić information content (AvgIpc) is 3.26. The van der Waals surface area contributed by atoms with Crippen LogP contribution in [-0.2, 0) is 12.6 Å². The van der Waals surface area contributed by atoms with E-state index in [0.717, 1.165) is 12.1 Å². The Morgan fingerprint density at radius 2 is 2.00 bits per heavy atom. The van der Waals surface area contributed by atoms with Gasteiger partial charge in [-0.15, -0.1) is 0 Å². The Labute approximate surface area is 145 Å². The highest BCUT2D eigenvalue weighted by atomic mass is 19.4. The Bertz CT molecular complexity index is 944. The van der Waals surface area contributed by atoms with Crippen LogP contribution in [0.5, 0.6) is 0 Å². The number of aliphatic hydroxyl groups excluding tert-OH is 1. The lowest BCUT2D eigenvalue weighted by molar-refractivity contribution is -0.138. The molecular weight excluding hydrogens is 351 g/mol. The number of furan rings is 1. The summed E-state index contributed by atoms with van der Waals surface area (Å²) in [6.45, 7) is 0. The molecule has 0 aliphatic heterocycles. The molecule has 2 aromatic heterocycles. The molecule has 0 saturated carbocycles. The number of halogens is 3. The molecule has 9 heteroatoms. The van der Waals surface area contributed by atoms with Crippen LogP contribution < -0.4 is 0 Å². The van der Waals surface area contributed by atoms with Gasteiger partial charge in [0.05, 0.1) is 5.56 Å². The van der Waals surface area contributed by atoms with Crippen LogP contribution in [0.3, 0.4) is 0 Å². The molecule has 134 valence electrons. The lowest BCUT2D eigenvalue weighted by atomic mass is 10.0. The van der Waals surface area contributed by atoms with Crippen molar-refractivity contribution in [3.63, 3.8) is 0 Å². The van der Waals surface area contributed by atoms with Gasteiger partial charge in [0.2, 0.25) is 11.6 Å². The van der Waals surface area contributed by atoms with Crippen LogP contribution in [-0.4, -0.2) is 26.1 Å². The second-order valence-corrected chi connectivity index (χ2v) is 5.31. The van der Waals surface area contributed by atoms with Gasteiger partial charge in [0.25, 0.3) is 0 Å². The van der Waals surface area contributed by atoms with E-state index < -0.39 is 23.3 Å². The monoisotopic (exact) mass is 363 g/mol. The number of hydrogen-bond donors (Lipinski definition) is 2. The number of carbonyl (C=O) groups is 1. The number of aromatic amines is 1. The lowest BCUT2D eigenvalue weighted by Gasteiger charge is -2.11. The Hall–Kier alpha value is -3.36. The van der Waals surface area contributed by atoms with Crippen molar-refractivity contribution in [1.82, 2.24) is 15.2 Å². The van der Waals surface area contributed by atoms with Gasteiger partial charge in [-0.1, -0.05) is 18.2 Å². The fraction of sp³-hybridized carbons (Fsp3) is 0.118. The summed E-state index contributed by atoms with van der Waals surface area (Å²) in [5.74, 6) is -1.12. The molecule has 26 heavy (non-hydrogen) atoms. The summed E-state index contributed by atoms with van der Waals surface area (Å²) in [6, 6.07) is 7.88. The van der Waals surface area contributed by atoms with E-state index in [0.29, 0.717) is 0 Å². The molecule has 0 saturated heterocycles. The molecule has 3 rings (SSSR count). The number of allylic oxidation sites excluding steroid dienone is 1. The van der Waals surface area contributed by atoms with Crippen molar-refractivity contribution in [3.05, 3.63) is 77.3 Å². The minimum Gasteiger partial charge on any atom is -0.504 e. The van der Waals surface area contributed by atoms with Crippen molar-refractivity contribution >= 4 is 11.5 Å². The summed E-state index contributed by atoms with van der Waals surface area (Å²) in [6.07, 6.45) is -2.51. The van der Waals surface area contributed by atoms with E-state index in [4.69, 9.17) is 4.42 Å². The van der Waals surface area contributed by atoms with Gasteiger partial charge in [-0.3, -0.25) is 9.89 Å². The third-order valence-electron chi connectivity index (χ3n) is 3.50. The molecule has 0 unspecified atom stereocenters. The molecule has 0 amide bonds. The molecule has 0 spiro atoms. The van der Waals surface area contributed by atoms with Gasteiger partial charge in [0.15, 0.2) is 11.5 Å². The number of hydrogen-bond acceptors (Lipinski definition) is 5. The zero-order valence-electron chi connectivity index (χ0n) is 13.1. The third-order valence-corrected chi connectivity index (χ3v) is 3.50. The number of aliphatic hydroxyl groups is 1. The smallest absolute Gasteiger partial charge is 0.416 e. The van der Waals surface area contributed by atoms with E-state index in [9.17, 15) is 23.1 Å². The van der Waals surface area contributed by atoms with Crippen LogP contribution >= 0.6 is 0 Å². The van der Waals surface area contributed by atoms with Gasteiger partial charge in [-0.2, -0.15) is 18.3 Å². The van der Waals surface area contributed by atoms with Crippen molar-refractivity contribution < 1.29 is 27.5 Å². The van der Waals surface area contributed by atoms with Gasteiger partial charge in [0, 0.05) is 12.5 Å². The predicted octanol–water partition coefficient (Wildman–Crippen LogP) is 3.79. The van der Waals surface area contributed by atoms with Crippen LogP contribution in [0.4, 0.5) is 13.2 Å². The zero-order chi connectivity index (χ0) is 18.7. The number of aromatic nitrogens is 3. The molecule has 0 radical (unpaired) electrons. The summed E-state index contributed by atoms with van der Waals surface area (Å²) in [7, 11) is 0. The molecule has 0 fully saturated rings. The summed E-state index contributed by atoms with van der Waals surface area (Å²) in [5, 5.41) is 15.7. The molecule has 2 heterocycles. The topological polar surface area (TPSA) is 92.0 Å². The van der Waals surface area contributed by atoms with Gasteiger partial charge < -0.3 is 9.52 Å². The number of rotatable bonds is 5. The van der Waals surface area contributed by atoms with Crippen LogP contribution in [0.25, 0.3) is 5.76 Å². The van der Waals surface area contributed by atoms with Gasteiger partial charge >= 0.3 is 6.18 Å². The maximum atomic E-state index is 13.0. The second-order valence-electron chi connectivity index (χ2n) is 5.31. The molecule has 0 aliphatic carbocycles. The Morgan fingerprint density at radius 1 is 1.23 bits per heavy atom. The van der Waals surface area contributed by atoms with Crippen LogP contribution in [0.15, 0.2) is 53.2 Å². The van der Waals surface area contributed by atoms with Crippen molar-refractivity contribution in [1.29, 1.82) is 0 Å². The van der Waals surface area contributed by atoms with E-state index in [1.165, 1.54) is 36.7 Å². The first kappa shape index (κ1) is 17.5. The molecule has 0 bridgehead atoms. The number of alkyl halides is 3. The van der Waals surface area contributed by atoms with Gasteiger partial charge in [-0.25, -0.2) is 4.98 Å². The van der Waals surface area contributed by atoms with E-state index >= 15 is 0 Å². The molecular formula is C17H12F3N3O3. The van der Waals surface area contributed by atoms with Crippen LogP contribution in [0.2, 0.25) is 0 Å². The molecule has 6 nitrogen and oxygen atoms in total. The van der Waals surface area contributed by atoms with Crippen LogP contribution in [0, 0.1) is 0 Å². The normalized spacial score (nSPS) is 12.3. The first-order chi connectivity index (χ1) is 12.3. The quantitative estimate of drug-likeness (QED) is 0.409. The third kappa shape index (κ3) is 3.82. The van der Waals surface area contributed by atoms with Crippen molar-refractivity contribution in [2.24, 2.45) is 0 Å². The predicted molar refractivity (Wildman–Crippen MR) is 84.3 cm³/mol. The molecule has 0 aliphatic rings. The largest absolute Gasteiger partial charge is 0.504 e. The minimum absolute atomic E-state index is 0.0347. The highest BCUT2D eigenvalue weighted by molar-refractivity contribution is 6.05. The van der Waals surface area contributed by atoms with Crippen molar-refractivity contribution in [3.8, 4) is 0 Å². The standard InChI is InChI=1S/C17H12F3N3O3/c18-17(19,20)12-4-2-1-3-10(12)7-11-5-6-15(26-11)13(24)8-14(25)16-21-9-22-23-16/h1-6,8-9,25H,7H2,(H,21,22,23). The first-order valence-electron chi connectivity index (χ1n) is 7.39. The SMILES string of the molecule is O=C(C=C(O)c1nc[nH]n1)c1ccc(Cc2ccccc2C(F)(F)F)o1. The van der Waals surface area contributed by atoms with Crippen LogP contribution in [0.1, 0.15) is 33.3 Å². The van der Waals surface area contributed by atoms with E-state index in [1.54, 1.807) is 0 Å². The maximum absolute atomic E-state index is 13.0. The van der Waals surface area contributed by atoms with Gasteiger partial charge in [-0.05, 0) is 23.8 Å².